The first-order valence-electron chi connectivity index (χ1n) is 27.4. The zero-order valence-corrected chi connectivity index (χ0v) is 46.1. The molecule has 12 aromatic rings. The summed E-state index contributed by atoms with van der Waals surface area (Å²) in [6.45, 7) is 23.6. The number of nitrogens with zero attached hydrogens (tertiary/aromatic N) is 3. The van der Waals surface area contributed by atoms with E-state index in [1.54, 1.807) is 0 Å². The molecule has 15 rings (SSSR count). The van der Waals surface area contributed by atoms with Gasteiger partial charge in [0.25, 0.3) is 0 Å². The molecule has 5 heterocycles. The first kappa shape index (κ1) is 45.8. The van der Waals surface area contributed by atoms with Gasteiger partial charge in [-0.1, -0.05) is 154 Å². The number of aromatic nitrogens is 1. The predicted molar refractivity (Wildman–Crippen MR) is 327 cm³/mol. The minimum atomic E-state index is -0.178. The monoisotopic (exact) mass is 1000 g/mol. The summed E-state index contributed by atoms with van der Waals surface area (Å²) in [6.07, 6.45) is 2.37. The fourth-order valence-corrected chi connectivity index (χ4v) is 14.8. The first-order chi connectivity index (χ1) is 36.4. The van der Waals surface area contributed by atoms with Gasteiger partial charge >= 0.3 is 6.85 Å². The molecule has 0 amide bonds. The second-order valence-corrected chi connectivity index (χ2v) is 26.7. The van der Waals surface area contributed by atoms with Gasteiger partial charge in [-0.25, -0.2) is 0 Å². The molecule has 2 aliphatic heterocycles. The van der Waals surface area contributed by atoms with Gasteiger partial charge in [0, 0.05) is 87.0 Å². The van der Waals surface area contributed by atoms with Crippen LogP contribution in [0.4, 0.5) is 28.4 Å². The van der Waals surface area contributed by atoms with Gasteiger partial charge in [-0.15, -0.1) is 11.3 Å². The molecular weight excluding hydrogens is 942 g/mol. The van der Waals surface area contributed by atoms with Crippen LogP contribution in [0.2, 0.25) is 0 Å². The van der Waals surface area contributed by atoms with E-state index in [4.69, 9.17) is 4.42 Å². The Bertz CT molecular complexity index is 4390. The second-order valence-electron chi connectivity index (χ2n) is 25.6. The Kier molecular flexibility index (Phi) is 9.37. The van der Waals surface area contributed by atoms with E-state index in [1.165, 1.54) is 122 Å². The highest BCUT2D eigenvalue weighted by atomic mass is 32.1. The summed E-state index contributed by atoms with van der Waals surface area (Å²) in [4.78, 5) is 5.11. The topological polar surface area (TPSA) is 24.6 Å². The van der Waals surface area contributed by atoms with E-state index < -0.39 is 0 Å². The molecule has 0 fully saturated rings. The van der Waals surface area contributed by atoms with E-state index in [-0.39, 0.29) is 28.5 Å². The Balaban J connectivity index is 1.13. The molecule has 0 unspecified atom stereocenters. The van der Waals surface area contributed by atoms with Crippen LogP contribution in [0.25, 0.3) is 80.7 Å². The van der Waals surface area contributed by atoms with Crippen LogP contribution in [0.1, 0.15) is 104 Å². The van der Waals surface area contributed by atoms with Gasteiger partial charge in [-0.05, 0) is 153 Å². The van der Waals surface area contributed by atoms with Crippen molar-refractivity contribution in [3.63, 3.8) is 0 Å². The van der Waals surface area contributed by atoms with Crippen molar-refractivity contribution in [3.8, 4) is 16.8 Å². The third-order valence-electron chi connectivity index (χ3n) is 17.9. The minimum Gasteiger partial charge on any atom is -0.455 e. The molecule has 6 heteroatoms. The summed E-state index contributed by atoms with van der Waals surface area (Å²) < 4.78 is 12.8. The quantitative estimate of drug-likeness (QED) is 0.164. The number of hydrogen-bond acceptors (Lipinski definition) is 4. The summed E-state index contributed by atoms with van der Waals surface area (Å²) >= 11 is 1.96. The smallest absolute Gasteiger partial charge is 0.333 e. The molecule has 1 aliphatic carbocycles. The van der Waals surface area contributed by atoms with Gasteiger partial charge in [-0.3, -0.25) is 0 Å². The Labute approximate surface area is 450 Å². The van der Waals surface area contributed by atoms with Crippen molar-refractivity contribution >= 4 is 121 Å². The van der Waals surface area contributed by atoms with Crippen LogP contribution in [0.5, 0.6) is 0 Å². The highest BCUT2D eigenvalue weighted by Crippen LogP contribution is 2.55. The summed E-state index contributed by atoms with van der Waals surface area (Å²) in [5, 5.41) is 7.45. The van der Waals surface area contributed by atoms with Crippen LogP contribution in [0.3, 0.4) is 0 Å². The molecule has 4 nitrogen and oxygen atoms in total. The van der Waals surface area contributed by atoms with E-state index in [0.717, 1.165) is 33.6 Å². The van der Waals surface area contributed by atoms with Gasteiger partial charge in [0.1, 0.15) is 11.2 Å². The molecule has 0 radical (unpaired) electrons. The van der Waals surface area contributed by atoms with Crippen molar-refractivity contribution in [2.75, 3.05) is 9.71 Å². The van der Waals surface area contributed by atoms with Gasteiger partial charge in [0.2, 0.25) is 0 Å². The number of furan rings is 1. The van der Waals surface area contributed by atoms with Crippen molar-refractivity contribution in [1.29, 1.82) is 0 Å². The normalized spacial score (nSPS) is 15.6. The molecule has 0 N–H and O–H groups in total. The fourth-order valence-electron chi connectivity index (χ4n) is 13.7. The van der Waals surface area contributed by atoms with E-state index in [0.29, 0.717) is 0 Å². The highest BCUT2D eigenvalue weighted by Gasteiger charge is 2.47. The van der Waals surface area contributed by atoms with Gasteiger partial charge in [0.05, 0.1) is 11.0 Å². The van der Waals surface area contributed by atoms with Crippen molar-refractivity contribution in [3.05, 3.63) is 192 Å². The lowest BCUT2D eigenvalue weighted by molar-refractivity contribution is 0.332. The maximum Gasteiger partial charge on any atom is 0.333 e. The number of para-hydroxylation sites is 3. The van der Waals surface area contributed by atoms with Crippen LogP contribution in [-0.2, 0) is 21.7 Å². The van der Waals surface area contributed by atoms with Crippen LogP contribution < -0.4 is 20.6 Å². The maximum absolute atomic E-state index is 7.46. The second kappa shape index (κ2) is 15.5. The highest BCUT2D eigenvalue weighted by molar-refractivity contribution is 7.26. The molecule has 372 valence electrons. The van der Waals surface area contributed by atoms with E-state index in [1.807, 2.05) is 11.3 Å². The van der Waals surface area contributed by atoms with Crippen LogP contribution in [-0.4, -0.2) is 11.4 Å². The minimum absolute atomic E-state index is 0.00493. The Morgan fingerprint density at radius 1 is 0.539 bits per heavy atom. The zero-order chi connectivity index (χ0) is 51.9. The molecule has 0 saturated heterocycles. The zero-order valence-electron chi connectivity index (χ0n) is 45.3. The molecule has 3 aliphatic rings. The Morgan fingerprint density at radius 3 is 1.84 bits per heavy atom. The molecule has 0 atom stereocenters. The fraction of sp³-hybridized carbons (Fsp3) is 0.229. The van der Waals surface area contributed by atoms with Crippen molar-refractivity contribution < 1.29 is 4.42 Å². The van der Waals surface area contributed by atoms with E-state index in [9.17, 15) is 0 Å². The molecule has 0 bridgehead atoms. The summed E-state index contributed by atoms with van der Waals surface area (Å²) in [5.41, 5.74) is 22.0. The Morgan fingerprint density at radius 2 is 1.16 bits per heavy atom. The van der Waals surface area contributed by atoms with E-state index >= 15 is 0 Å². The number of anilines is 5. The standard InChI is InChI=1S/C70H62BN3OS/c1-67(2,3)41-25-28-45(29-26-41)74-57-40-60-49(50-38-52-53(39-59(50)76-60)70(9,10)34-33-69(52,7)8)37-51(57)63-64-65-61(62-48-23-17-18-24-58(48)75-66(62)63)47-31-30-46(72(43-19-13-11-14-20-43)44-21-15-12-16-22-44)36-56(47)73(65)55-32-27-42(68(4,5)6)35-54(55)71(64)74/h11-32,35-40H,33-34H2,1-10H3. The lowest BCUT2D eigenvalue weighted by Crippen LogP contribution is -2.60. The Hall–Kier alpha value is -7.54. The van der Waals surface area contributed by atoms with Crippen molar-refractivity contribution in [1.82, 2.24) is 4.57 Å². The lowest BCUT2D eigenvalue weighted by atomic mass is 9.43. The average Bonchev–Trinajstić information content (AvgIpc) is 4.16. The summed E-state index contributed by atoms with van der Waals surface area (Å²) in [6, 6.07) is 64.7. The van der Waals surface area contributed by atoms with E-state index in [2.05, 4.69) is 253 Å². The third-order valence-corrected chi connectivity index (χ3v) is 19.0. The average molecular weight is 1000 g/mol. The molecular formula is C70H62BN3OS. The number of hydrogen-bond donors (Lipinski definition) is 0. The number of rotatable bonds is 4. The van der Waals surface area contributed by atoms with Crippen molar-refractivity contribution in [2.24, 2.45) is 0 Å². The molecule has 0 spiro atoms. The summed E-state index contributed by atoms with van der Waals surface area (Å²) in [7, 11) is 0. The largest absolute Gasteiger partial charge is 0.455 e. The van der Waals surface area contributed by atoms with Crippen LogP contribution in [0.15, 0.2) is 174 Å². The van der Waals surface area contributed by atoms with Gasteiger partial charge in [-0.2, -0.15) is 0 Å². The maximum atomic E-state index is 7.46. The first-order valence-corrected chi connectivity index (χ1v) is 28.2. The molecule has 3 aromatic heterocycles. The lowest BCUT2D eigenvalue weighted by Gasteiger charge is -2.42. The third kappa shape index (κ3) is 6.43. The molecule has 9 aromatic carbocycles. The van der Waals surface area contributed by atoms with Gasteiger partial charge in [0.15, 0.2) is 0 Å². The van der Waals surface area contributed by atoms with Crippen LogP contribution >= 0.6 is 11.3 Å². The number of fused-ring (bicyclic) bond motifs is 17. The van der Waals surface area contributed by atoms with Crippen LogP contribution in [0, 0.1) is 0 Å². The molecule has 76 heavy (non-hydrogen) atoms. The van der Waals surface area contributed by atoms with Gasteiger partial charge < -0.3 is 18.7 Å². The SMILES string of the molecule is CC(C)(C)c1ccc(N2B3c4cc(C(C)(C)C)ccc4-n4c5cc(N(c6ccccc6)c6ccccc6)ccc5c5c6c(oc7ccccc76)c(c3c54)-c3cc4c(cc32)sc2cc3c(cc24)C(C)(C)CCC3(C)C)cc1. The summed E-state index contributed by atoms with van der Waals surface area (Å²) in [5.74, 6) is 0. The number of thiophene rings is 1. The predicted octanol–water partition coefficient (Wildman–Crippen LogP) is 18.7. The number of benzene rings is 9. The molecule has 0 saturated carbocycles. The van der Waals surface area contributed by atoms with Crippen molar-refractivity contribution in [2.45, 2.75) is 104 Å².